The minimum absolute atomic E-state index is 0.129. The van der Waals surface area contributed by atoms with Crippen molar-refractivity contribution in [3.63, 3.8) is 0 Å². The molecule has 0 aliphatic carbocycles. The van der Waals surface area contributed by atoms with Crippen LogP contribution >= 0.6 is 0 Å². The topological polar surface area (TPSA) is 74.3 Å². The highest BCUT2D eigenvalue weighted by molar-refractivity contribution is 6.06. The standard InChI is InChI=1S/C15H22N4O2/c1-10(2)17-8-11-6-5-7-16-13(11)19-9-12(20)18-14(21)15(19,3)4/h5-7,10,17H,8-9H2,1-4H3,(H,18,20,21). The van der Waals surface area contributed by atoms with E-state index in [1.165, 1.54) is 0 Å². The number of carbonyl (C=O) groups is 2. The number of piperazine rings is 1. The van der Waals surface area contributed by atoms with E-state index in [1.54, 1.807) is 24.9 Å². The first kappa shape index (κ1) is 15.4. The molecule has 0 bridgehead atoms. The van der Waals surface area contributed by atoms with Crippen LogP contribution in [-0.2, 0) is 16.1 Å². The van der Waals surface area contributed by atoms with E-state index in [2.05, 4.69) is 29.5 Å². The zero-order valence-electron chi connectivity index (χ0n) is 12.9. The Morgan fingerprint density at radius 1 is 1.43 bits per heavy atom. The Bertz CT molecular complexity index is 554. The van der Waals surface area contributed by atoms with E-state index in [-0.39, 0.29) is 18.4 Å². The average molecular weight is 290 g/mol. The van der Waals surface area contributed by atoms with E-state index in [1.807, 2.05) is 12.1 Å². The molecule has 21 heavy (non-hydrogen) atoms. The first-order valence-corrected chi connectivity index (χ1v) is 7.11. The van der Waals surface area contributed by atoms with Gasteiger partial charge in [0.2, 0.25) is 5.91 Å². The predicted octanol–water partition coefficient (Wildman–Crippen LogP) is 0.821. The molecule has 2 rings (SSSR count). The van der Waals surface area contributed by atoms with Crippen LogP contribution in [0.3, 0.4) is 0 Å². The molecule has 1 fully saturated rings. The molecule has 0 aromatic carbocycles. The van der Waals surface area contributed by atoms with Crippen LogP contribution < -0.4 is 15.5 Å². The smallest absolute Gasteiger partial charge is 0.251 e. The highest BCUT2D eigenvalue weighted by Gasteiger charge is 2.42. The molecular weight excluding hydrogens is 268 g/mol. The Morgan fingerprint density at radius 3 is 2.81 bits per heavy atom. The summed E-state index contributed by atoms with van der Waals surface area (Å²) in [6.07, 6.45) is 1.68. The van der Waals surface area contributed by atoms with Gasteiger partial charge in [0.15, 0.2) is 0 Å². The molecule has 2 N–H and O–H groups in total. The van der Waals surface area contributed by atoms with Crippen molar-refractivity contribution in [3.8, 4) is 0 Å². The Balaban J connectivity index is 2.35. The van der Waals surface area contributed by atoms with Crippen LogP contribution in [0.15, 0.2) is 18.3 Å². The summed E-state index contributed by atoms with van der Waals surface area (Å²) in [5.41, 5.74) is 0.163. The van der Waals surface area contributed by atoms with Crippen LogP contribution in [0.25, 0.3) is 0 Å². The van der Waals surface area contributed by atoms with Gasteiger partial charge in [-0.2, -0.15) is 0 Å². The normalized spacial score (nSPS) is 18.0. The maximum Gasteiger partial charge on any atom is 0.251 e. The van der Waals surface area contributed by atoms with E-state index < -0.39 is 5.54 Å². The van der Waals surface area contributed by atoms with E-state index in [9.17, 15) is 9.59 Å². The van der Waals surface area contributed by atoms with Crippen molar-refractivity contribution >= 4 is 17.6 Å². The lowest BCUT2D eigenvalue weighted by atomic mass is 9.98. The minimum Gasteiger partial charge on any atom is -0.333 e. The second kappa shape index (κ2) is 5.81. The summed E-state index contributed by atoms with van der Waals surface area (Å²) in [7, 11) is 0. The fourth-order valence-electron chi connectivity index (χ4n) is 2.25. The number of hydrogen-bond donors (Lipinski definition) is 2. The van der Waals surface area contributed by atoms with Crippen LogP contribution in [0, 0.1) is 0 Å². The first-order valence-electron chi connectivity index (χ1n) is 7.11. The van der Waals surface area contributed by atoms with Crippen LogP contribution in [0.4, 0.5) is 5.82 Å². The lowest BCUT2D eigenvalue weighted by Crippen LogP contribution is -2.64. The van der Waals surface area contributed by atoms with Gasteiger partial charge in [-0.25, -0.2) is 4.98 Å². The summed E-state index contributed by atoms with van der Waals surface area (Å²) < 4.78 is 0. The fourth-order valence-corrected chi connectivity index (χ4v) is 2.25. The van der Waals surface area contributed by atoms with Crippen molar-refractivity contribution in [2.24, 2.45) is 0 Å². The van der Waals surface area contributed by atoms with E-state index in [4.69, 9.17) is 0 Å². The number of hydrogen-bond acceptors (Lipinski definition) is 5. The average Bonchev–Trinajstić information content (AvgIpc) is 2.41. The Labute approximate surface area is 124 Å². The number of anilines is 1. The van der Waals surface area contributed by atoms with Gasteiger partial charge in [-0.3, -0.25) is 14.9 Å². The zero-order chi connectivity index (χ0) is 15.6. The number of nitrogens with zero attached hydrogens (tertiary/aromatic N) is 2. The SMILES string of the molecule is CC(C)NCc1cccnc1N1CC(=O)NC(=O)C1(C)C. The van der Waals surface area contributed by atoms with Gasteiger partial charge in [0, 0.05) is 24.3 Å². The molecule has 0 spiro atoms. The van der Waals surface area contributed by atoms with Gasteiger partial charge in [-0.15, -0.1) is 0 Å². The van der Waals surface area contributed by atoms with E-state index >= 15 is 0 Å². The van der Waals surface area contributed by atoms with Crippen LogP contribution in [0.1, 0.15) is 33.3 Å². The van der Waals surface area contributed by atoms with Crippen molar-refractivity contribution in [1.29, 1.82) is 0 Å². The summed E-state index contributed by atoms with van der Waals surface area (Å²) in [6, 6.07) is 4.17. The summed E-state index contributed by atoms with van der Waals surface area (Å²) in [4.78, 5) is 29.9. The Hall–Kier alpha value is -1.95. The second-order valence-electron chi connectivity index (χ2n) is 6.04. The van der Waals surface area contributed by atoms with Crippen molar-refractivity contribution in [3.05, 3.63) is 23.9 Å². The quantitative estimate of drug-likeness (QED) is 0.803. The lowest BCUT2D eigenvalue weighted by molar-refractivity contribution is -0.135. The fraction of sp³-hybridized carbons (Fsp3) is 0.533. The molecule has 1 saturated heterocycles. The molecule has 0 radical (unpaired) electrons. The largest absolute Gasteiger partial charge is 0.333 e. The number of amides is 2. The molecule has 0 atom stereocenters. The second-order valence-corrected chi connectivity index (χ2v) is 6.04. The van der Waals surface area contributed by atoms with Crippen molar-refractivity contribution in [1.82, 2.24) is 15.6 Å². The monoisotopic (exact) mass is 290 g/mol. The molecule has 0 saturated carbocycles. The van der Waals surface area contributed by atoms with E-state index in [0.717, 1.165) is 5.56 Å². The molecule has 114 valence electrons. The number of imide groups is 1. The predicted molar refractivity (Wildman–Crippen MR) is 80.8 cm³/mol. The molecule has 6 nitrogen and oxygen atoms in total. The van der Waals surface area contributed by atoms with Gasteiger partial charge < -0.3 is 10.2 Å². The Morgan fingerprint density at radius 2 is 2.14 bits per heavy atom. The van der Waals surface area contributed by atoms with Crippen LogP contribution in [0.2, 0.25) is 0 Å². The molecule has 0 unspecified atom stereocenters. The highest BCUT2D eigenvalue weighted by Crippen LogP contribution is 2.27. The van der Waals surface area contributed by atoms with Crippen LogP contribution in [0.5, 0.6) is 0 Å². The van der Waals surface area contributed by atoms with Gasteiger partial charge >= 0.3 is 0 Å². The third kappa shape index (κ3) is 3.21. The van der Waals surface area contributed by atoms with Crippen molar-refractivity contribution < 1.29 is 9.59 Å². The molecule has 2 heterocycles. The molecule has 2 amide bonds. The molecule has 1 aromatic heterocycles. The van der Waals surface area contributed by atoms with Crippen LogP contribution in [-0.4, -0.2) is 34.9 Å². The summed E-state index contributed by atoms with van der Waals surface area (Å²) in [5, 5.41) is 5.71. The van der Waals surface area contributed by atoms with Gasteiger partial charge in [0.05, 0.1) is 6.54 Å². The number of aromatic nitrogens is 1. The van der Waals surface area contributed by atoms with Gasteiger partial charge in [0.25, 0.3) is 5.91 Å². The number of nitrogens with one attached hydrogen (secondary N) is 2. The van der Waals surface area contributed by atoms with Gasteiger partial charge in [0.1, 0.15) is 11.4 Å². The summed E-state index contributed by atoms with van der Waals surface area (Å²) >= 11 is 0. The van der Waals surface area contributed by atoms with E-state index in [0.29, 0.717) is 18.4 Å². The van der Waals surface area contributed by atoms with Gasteiger partial charge in [-0.1, -0.05) is 19.9 Å². The first-order chi connectivity index (χ1) is 9.82. The molecule has 1 aromatic rings. The molecule has 6 heteroatoms. The number of carbonyl (C=O) groups excluding carboxylic acids is 2. The molecule has 1 aliphatic heterocycles. The zero-order valence-corrected chi connectivity index (χ0v) is 12.9. The molecule has 1 aliphatic rings. The maximum atomic E-state index is 12.1. The molecular formula is C15H22N4O2. The third-order valence-corrected chi connectivity index (χ3v) is 3.61. The number of pyridine rings is 1. The lowest BCUT2D eigenvalue weighted by Gasteiger charge is -2.41. The van der Waals surface area contributed by atoms with Crippen molar-refractivity contribution in [2.75, 3.05) is 11.4 Å². The van der Waals surface area contributed by atoms with Gasteiger partial charge in [-0.05, 0) is 19.9 Å². The maximum absolute atomic E-state index is 12.1. The van der Waals surface area contributed by atoms with Crippen molar-refractivity contribution in [2.45, 2.75) is 45.8 Å². The summed E-state index contributed by atoms with van der Waals surface area (Å²) in [5.74, 6) is 0.0822. The highest BCUT2D eigenvalue weighted by atomic mass is 16.2. The minimum atomic E-state index is -0.811. The summed E-state index contributed by atoms with van der Waals surface area (Å²) in [6.45, 7) is 8.50. The number of rotatable bonds is 4. The third-order valence-electron chi connectivity index (χ3n) is 3.61. The Kier molecular flexibility index (Phi) is 4.27.